The lowest BCUT2D eigenvalue weighted by atomic mass is 10.1. The number of alkyl halides is 3. The number of hydrogen-bond acceptors (Lipinski definition) is 5. The van der Waals surface area contributed by atoms with Crippen molar-refractivity contribution in [2.24, 2.45) is 0 Å². The Morgan fingerprint density at radius 2 is 1.72 bits per heavy atom. The molecule has 0 aromatic heterocycles. The molecule has 11 heteroatoms. The summed E-state index contributed by atoms with van der Waals surface area (Å²) in [5, 5.41) is 1.72. The molecule has 2 N–H and O–H groups in total. The van der Waals surface area contributed by atoms with E-state index in [0.29, 0.717) is 25.4 Å². The monoisotopic (exact) mass is 430 g/mol. The summed E-state index contributed by atoms with van der Waals surface area (Å²) >= 11 is 0. The summed E-state index contributed by atoms with van der Waals surface area (Å²) < 4.78 is 75.7. The molecule has 0 fully saturated rings. The zero-order valence-electron chi connectivity index (χ0n) is 15.0. The van der Waals surface area contributed by atoms with Crippen molar-refractivity contribution in [2.75, 3.05) is 24.5 Å². The number of fused-ring (bicyclic) bond motifs is 1. The maximum absolute atomic E-state index is 12.7. The Morgan fingerprint density at radius 1 is 1.03 bits per heavy atom. The average molecular weight is 430 g/mol. The molecule has 3 rings (SSSR count). The van der Waals surface area contributed by atoms with E-state index in [2.05, 4.69) is 4.72 Å². The van der Waals surface area contributed by atoms with Crippen LogP contribution in [0.4, 0.5) is 18.9 Å². The van der Waals surface area contributed by atoms with Crippen molar-refractivity contribution in [1.82, 2.24) is 5.32 Å². The van der Waals surface area contributed by atoms with Crippen LogP contribution in [-0.4, -0.2) is 40.3 Å². The quantitative estimate of drug-likeness (QED) is 0.761. The Labute approximate surface area is 164 Å². The van der Waals surface area contributed by atoms with Gasteiger partial charge in [0.15, 0.2) is 11.5 Å². The van der Waals surface area contributed by atoms with Gasteiger partial charge >= 0.3 is 6.18 Å². The Balaban J connectivity index is 1.84. The number of carbonyl (C=O) groups is 1. The third-order valence-corrected chi connectivity index (χ3v) is 5.26. The van der Waals surface area contributed by atoms with Crippen molar-refractivity contribution in [3.63, 3.8) is 0 Å². The highest BCUT2D eigenvalue weighted by atomic mass is 32.2. The lowest BCUT2D eigenvalue weighted by Crippen LogP contribution is -2.34. The Bertz CT molecular complexity index is 1010. The SMILES string of the molecule is O=C(NCC(F)(F)F)c1ccccc1NS(=O)(=O)c1ccc2c(c1)OCCCO2. The highest BCUT2D eigenvalue weighted by molar-refractivity contribution is 7.92. The largest absolute Gasteiger partial charge is 0.490 e. The van der Waals surface area contributed by atoms with Crippen LogP contribution in [0, 0.1) is 0 Å². The predicted molar refractivity (Wildman–Crippen MR) is 97.7 cm³/mol. The molecule has 0 bridgehead atoms. The summed E-state index contributed by atoms with van der Waals surface area (Å²) in [5.74, 6) is -0.380. The van der Waals surface area contributed by atoms with E-state index in [1.807, 2.05) is 0 Å². The smallest absolute Gasteiger partial charge is 0.405 e. The number of halogens is 3. The van der Waals surface area contributed by atoms with E-state index in [9.17, 15) is 26.4 Å². The van der Waals surface area contributed by atoms with Gasteiger partial charge in [-0.05, 0) is 24.3 Å². The maximum atomic E-state index is 12.7. The van der Waals surface area contributed by atoms with Crippen LogP contribution in [0.25, 0.3) is 0 Å². The summed E-state index contributed by atoms with van der Waals surface area (Å²) in [4.78, 5) is 11.9. The minimum atomic E-state index is -4.59. The topological polar surface area (TPSA) is 93.7 Å². The summed E-state index contributed by atoms with van der Waals surface area (Å²) in [6.45, 7) is -0.723. The van der Waals surface area contributed by atoms with Gasteiger partial charge in [0.1, 0.15) is 6.54 Å². The van der Waals surface area contributed by atoms with Gasteiger partial charge in [-0.25, -0.2) is 8.42 Å². The number of hydrogen-bond donors (Lipinski definition) is 2. The normalized spacial score (nSPS) is 14.0. The Hall–Kier alpha value is -2.95. The zero-order chi connectivity index (χ0) is 21.1. The highest BCUT2D eigenvalue weighted by Crippen LogP contribution is 2.32. The molecule has 29 heavy (non-hydrogen) atoms. The number of amides is 1. The zero-order valence-corrected chi connectivity index (χ0v) is 15.8. The van der Waals surface area contributed by atoms with E-state index >= 15 is 0 Å². The fourth-order valence-corrected chi connectivity index (χ4v) is 3.66. The van der Waals surface area contributed by atoms with Crippen molar-refractivity contribution in [1.29, 1.82) is 0 Å². The van der Waals surface area contributed by atoms with Gasteiger partial charge in [0.05, 0.1) is 29.4 Å². The Morgan fingerprint density at radius 3 is 2.45 bits per heavy atom. The van der Waals surface area contributed by atoms with Gasteiger partial charge in [0, 0.05) is 12.5 Å². The number of rotatable bonds is 5. The van der Waals surface area contributed by atoms with Crippen LogP contribution < -0.4 is 19.5 Å². The third-order valence-electron chi connectivity index (χ3n) is 3.89. The van der Waals surface area contributed by atoms with Crippen LogP contribution in [0.5, 0.6) is 11.5 Å². The second-order valence-electron chi connectivity index (χ2n) is 6.11. The summed E-state index contributed by atoms with van der Waals surface area (Å²) in [5.41, 5.74) is -0.394. The van der Waals surface area contributed by atoms with Crippen molar-refractivity contribution in [3.8, 4) is 11.5 Å². The number of benzene rings is 2. The fourth-order valence-electron chi connectivity index (χ4n) is 2.56. The van der Waals surface area contributed by atoms with Crippen molar-refractivity contribution in [2.45, 2.75) is 17.5 Å². The molecule has 156 valence electrons. The number of ether oxygens (including phenoxy) is 2. The molecule has 1 aliphatic heterocycles. The van der Waals surface area contributed by atoms with Crippen molar-refractivity contribution >= 4 is 21.6 Å². The van der Waals surface area contributed by atoms with Crippen molar-refractivity contribution < 1.29 is 35.9 Å². The molecular weight excluding hydrogens is 413 g/mol. The molecule has 1 amide bonds. The van der Waals surface area contributed by atoms with Crippen molar-refractivity contribution in [3.05, 3.63) is 48.0 Å². The first-order chi connectivity index (χ1) is 13.7. The first kappa shape index (κ1) is 20.8. The van der Waals surface area contributed by atoms with E-state index < -0.39 is 28.7 Å². The van der Waals surface area contributed by atoms with E-state index in [0.717, 1.165) is 0 Å². The first-order valence-corrected chi connectivity index (χ1v) is 10.0. The number of anilines is 1. The fraction of sp³-hybridized carbons (Fsp3) is 0.278. The van der Waals surface area contributed by atoms with E-state index in [4.69, 9.17) is 9.47 Å². The van der Waals surface area contributed by atoms with Crippen LogP contribution in [0.2, 0.25) is 0 Å². The standard InChI is InChI=1S/C18H17F3N2O5S/c19-18(20,21)11-22-17(24)13-4-1-2-5-14(13)23-29(25,26)12-6-7-15-16(10-12)28-9-3-8-27-15/h1-2,4-7,10,23H,3,8-9,11H2,(H,22,24). The van der Waals surface area contributed by atoms with Crippen LogP contribution >= 0.6 is 0 Å². The van der Waals surface area contributed by atoms with Gasteiger partial charge in [-0.15, -0.1) is 0 Å². The average Bonchev–Trinajstić information content (AvgIpc) is 2.90. The van der Waals surface area contributed by atoms with Crippen LogP contribution in [-0.2, 0) is 10.0 Å². The van der Waals surface area contributed by atoms with Gasteiger partial charge in [-0.1, -0.05) is 12.1 Å². The molecule has 0 saturated heterocycles. The number of para-hydroxylation sites is 1. The molecule has 0 radical (unpaired) electrons. The summed E-state index contributed by atoms with van der Waals surface area (Å²) in [7, 11) is -4.15. The van der Waals surface area contributed by atoms with Gasteiger partial charge in [-0.2, -0.15) is 13.2 Å². The van der Waals surface area contributed by atoms with Gasteiger partial charge in [0.2, 0.25) is 0 Å². The lowest BCUT2D eigenvalue weighted by Gasteiger charge is -2.14. The molecule has 2 aromatic carbocycles. The number of carbonyl (C=O) groups excluding carboxylic acids is 1. The molecule has 0 spiro atoms. The number of sulfonamides is 1. The van der Waals surface area contributed by atoms with Crippen LogP contribution in [0.3, 0.4) is 0 Å². The van der Waals surface area contributed by atoms with Gasteiger partial charge in [0.25, 0.3) is 15.9 Å². The van der Waals surface area contributed by atoms with E-state index in [1.165, 1.54) is 42.5 Å². The third kappa shape index (κ3) is 5.31. The maximum Gasteiger partial charge on any atom is 0.405 e. The first-order valence-electron chi connectivity index (χ1n) is 8.52. The van der Waals surface area contributed by atoms with E-state index in [1.54, 1.807) is 5.32 Å². The summed E-state index contributed by atoms with van der Waals surface area (Å²) in [6, 6.07) is 9.41. The predicted octanol–water partition coefficient (Wildman–Crippen LogP) is 2.94. The molecule has 0 aliphatic carbocycles. The molecule has 1 aliphatic rings. The molecule has 2 aromatic rings. The molecule has 7 nitrogen and oxygen atoms in total. The van der Waals surface area contributed by atoms with Crippen LogP contribution in [0.1, 0.15) is 16.8 Å². The second kappa shape index (κ2) is 8.19. The molecule has 1 heterocycles. The van der Waals surface area contributed by atoms with Gasteiger partial charge in [-0.3, -0.25) is 9.52 Å². The number of nitrogens with one attached hydrogen (secondary N) is 2. The minimum Gasteiger partial charge on any atom is -0.490 e. The van der Waals surface area contributed by atoms with Crippen LogP contribution in [0.15, 0.2) is 47.4 Å². The molecule has 0 saturated carbocycles. The second-order valence-corrected chi connectivity index (χ2v) is 7.79. The highest BCUT2D eigenvalue weighted by Gasteiger charge is 2.29. The van der Waals surface area contributed by atoms with Gasteiger partial charge < -0.3 is 14.8 Å². The molecule has 0 atom stereocenters. The lowest BCUT2D eigenvalue weighted by molar-refractivity contribution is -0.123. The molecule has 0 unspecified atom stereocenters. The van der Waals surface area contributed by atoms with E-state index in [-0.39, 0.29) is 21.9 Å². The molecular formula is C18H17F3N2O5S. The minimum absolute atomic E-state index is 0.146. The Kier molecular flexibility index (Phi) is 5.87. The summed E-state index contributed by atoms with van der Waals surface area (Å²) in [6.07, 6.45) is -3.94.